The highest BCUT2D eigenvalue weighted by Gasteiger charge is 2.26. The van der Waals surface area contributed by atoms with Gasteiger partial charge in [0.15, 0.2) is 0 Å². The maximum absolute atomic E-state index is 12.5. The van der Waals surface area contributed by atoms with Crippen molar-refractivity contribution in [3.8, 4) is 0 Å². The average molecular weight is 391 g/mol. The minimum atomic E-state index is -3.39. The van der Waals surface area contributed by atoms with Gasteiger partial charge >= 0.3 is 0 Å². The Bertz CT molecular complexity index is 857. The molecule has 1 saturated heterocycles. The molecule has 1 aliphatic heterocycles. The van der Waals surface area contributed by atoms with Crippen molar-refractivity contribution >= 4 is 33.4 Å². The summed E-state index contributed by atoms with van der Waals surface area (Å²) in [4.78, 5) is 13.2. The van der Waals surface area contributed by atoms with Crippen LogP contribution in [0.1, 0.15) is 18.4 Å². The zero-order valence-electron chi connectivity index (χ0n) is 14.6. The van der Waals surface area contributed by atoms with Crippen LogP contribution < -0.4 is 5.32 Å². The zero-order valence-corrected chi connectivity index (χ0v) is 16.3. The first-order valence-corrected chi connectivity index (χ1v) is 11.0. The van der Waals surface area contributed by atoms with Gasteiger partial charge in [-0.05, 0) is 56.2 Å². The van der Waals surface area contributed by atoms with Crippen molar-refractivity contribution in [1.82, 2.24) is 4.31 Å². The fourth-order valence-corrected chi connectivity index (χ4v) is 4.98. The van der Waals surface area contributed by atoms with Crippen LogP contribution in [0.5, 0.6) is 0 Å². The molecule has 0 aromatic heterocycles. The Balaban J connectivity index is 1.55. The van der Waals surface area contributed by atoms with Gasteiger partial charge in [0.2, 0.25) is 15.9 Å². The summed E-state index contributed by atoms with van der Waals surface area (Å²) < 4.78 is 26.5. The first-order chi connectivity index (χ1) is 12.4. The third kappa shape index (κ3) is 4.66. The lowest BCUT2D eigenvalue weighted by Gasteiger charge is -2.15. The molecule has 1 amide bonds. The predicted octanol–water partition coefficient (Wildman–Crippen LogP) is 3.51. The van der Waals surface area contributed by atoms with Crippen molar-refractivity contribution < 1.29 is 13.2 Å². The highest BCUT2D eigenvalue weighted by molar-refractivity contribution is 8.00. The summed E-state index contributed by atoms with van der Waals surface area (Å²) in [7, 11) is -3.39. The van der Waals surface area contributed by atoms with E-state index in [1.54, 1.807) is 24.3 Å². The molecule has 0 radical (unpaired) electrons. The second-order valence-corrected chi connectivity index (χ2v) is 9.27. The van der Waals surface area contributed by atoms with Gasteiger partial charge in [0.1, 0.15) is 0 Å². The Morgan fingerprint density at radius 1 is 1.04 bits per heavy atom. The molecule has 0 spiro atoms. The summed E-state index contributed by atoms with van der Waals surface area (Å²) in [5.74, 6) is 0.180. The number of aryl methyl sites for hydroxylation is 1. The summed E-state index contributed by atoms with van der Waals surface area (Å²) in [6.07, 6.45) is 1.84. The third-order valence-electron chi connectivity index (χ3n) is 4.23. The molecule has 1 aliphatic rings. The Morgan fingerprint density at radius 3 is 2.27 bits per heavy atom. The highest BCUT2D eigenvalue weighted by Crippen LogP contribution is 2.24. The van der Waals surface area contributed by atoms with Gasteiger partial charge in [-0.25, -0.2) is 8.42 Å². The number of amides is 1. The average Bonchev–Trinajstić information content (AvgIpc) is 3.18. The van der Waals surface area contributed by atoms with E-state index in [0.29, 0.717) is 18.0 Å². The quantitative estimate of drug-likeness (QED) is 0.767. The monoisotopic (exact) mass is 390 g/mol. The normalized spacial score (nSPS) is 15.1. The molecule has 26 heavy (non-hydrogen) atoms. The Morgan fingerprint density at radius 2 is 1.65 bits per heavy atom. The van der Waals surface area contributed by atoms with E-state index < -0.39 is 10.0 Å². The summed E-state index contributed by atoms with van der Waals surface area (Å²) >= 11 is 1.38. The molecule has 1 heterocycles. The van der Waals surface area contributed by atoms with E-state index in [4.69, 9.17) is 0 Å². The van der Waals surface area contributed by atoms with Crippen molar-refractivity contribution in [2.24, 2.45) is 0 Å². The fourth-order valence-electron chi connectivity index (χ4n) is 2.77. The van der Waals surface area contributed by atoms with Crippen LogP contribution in [-0.2, 0) is 14.8 Å². The minimum Gasteiger partial charge on any atom is -0.325 e. The molecule has 5 nitrogen and oxygen atoms in total. The largest absolute Gasteiger partial charge is 0.325 e. The Hall–Kier alpha value is -1.83. The predicted molar refractivity (Wildman–Crippen MR) is 105 cm³/mol. The van der Waals surface area contributed by atoms with Gasteiger partial charge in [-0.3, -0.25) is 4.79 Å². The number of anilines is 1. The molecule has 7 heteroatoms. The number of benzene rings is 2. The molecule has 1 fully saturated rings. The second-order valence-electron chi connectivity index (χ2n) is 6.29. The summed E-state index contributed by atoms with van der Waals surface area (Å²) in [6, 6.07) is 14.4. The standard InChI is InChI=1S/C19H22N2O3S2/c1-15-4-6-16(7-5-15)20-19(22)14-25-17-8-10-18(11-9-17)26(23,24)21-12-2-3-13-21/h4-11H,2-3,12-14H2,1H3,(H,20,22). The number of hydrogen-bond donors (Lipinski definition) is 1. The zero-order chi connectivity index (χ0) is 18.6. The fraction of sp³-hybridized carbons (Fsp3) is 0.316. The molecule has 2 aromatic rings. The highest BCUT2D eigenvalue weighted by atomic mass is 32.2. The topological polar surface area (TPSA) is 66.5 Å². The van der Waals surface area contributed by atoms with Crippen LogP contribution >= 0.6 is 11.8 Å². The van der Waals surface area contributed by atoms with Gasteiger partial charge in [-0.2, -0.15) is 4.31 Å². The van der Waals surface area contributed by atoms with Crippen LogP contribution in [0.3, 0.4) is 0 Å². The summed E-state index contributed by atoms with van der Waals surface area (Å²) in [5, 5.41) is 2.85. The van der Waals surface area contributed by atoms with E-state index >= 15 is 0 Å². The molecule has 138 valence electrons. The van der Waals surface area contributed by atoms with Gasteiger partial charge in [0.05, 0.1) is 10.6 Å². The summed E-state index contributed by atoms with van der Waals surface area (Å²) in [5.41, 5.74) is 1.91. The van der Waals surface area contributed by atoms with Crippen LogP contribution in [0.15, 0.2) is 58.3 Å². The summed E-state index contributed by atoms with van der Waals surface area (Å²) in [6.45, 7) is 3.19. The molecule has 0 aliphatic carbocycles. The Labute approximate surface area is 158 Å². The second kappa shape index (κ2) is 8.24. The van der Waals surface area contributed by atoms with E-state index in [9.17, 15) is 13.2 Å². The van der Waals surface area contributed by atoms with Crippen molar-refractivity contribution in [2.45, 2.75) is 29.6 Å². The van der Waals surface area contributed by atoms with Gasteiger partial charge in [-0.15, -0.1) is 11.8 Å². The first kappa shape index (κ1) is 18.9. The molecule has 0 saturated carbocycles. The number of nitrogens with one attached hydrogen (secondary N) is 1. The minimum absolute atomic E-state index is 0.0902. The van der Waals surface area contributed by atoms with E-state index in [1.807, 2.05) is 31.2 Å². The van der Waals surface area contributed by atoms with Gasteiger partial charge < -0.3 is 5.32 Å². The number of carbonyl (C=O) groups is 1. The number of rotatable bonds is 6. The third-order valence-corrected chi connectivity index (χ3v) is 7.16. The molecule has 0 atom stereocenters. The van der Waals surface area contributed by atoms with E-state index in [2.05, 4.69) is 5.32 Å². The Kier molecular flexibility index (Phi) is 6.01. The molecule has 3 rings (SSSR count). The van der Waals surface area contributed by atoms with Gasteiger partial charge in [0, 0.05) is 23.7 Å². The lowest BCUT2D eigenvalue weighted by molar-refractivity contribution is -0.113. The number of sulfonamides is 1. The number of hydrogen-bond acceptors (Lipinski definition) is 4. The maximum Gasteiger partial charge on any atom is 0.243 e. The number of thioether (sulfide) groups is 1. The van der Waals surface area contributed by atoms with Crippen LogP contribution in [0.25, 0.3) is 0 Å². The smallest absolute Gasteiger partial charge is 0.243 e. The SMILES string of the molecule is Cc1ccc(NC(=O)CSc2ccc(S(=O)(=O)N3CCCC3)cc2)cc1. The molecule has 0 unspecified atom stereocenters. The van der Waals surface area contributed by atoms with Crippen molar-refractivity contribution in [3.63, 3.8) is 0 Å². The van der Waals surface area contributed by atoms with E-state index in [-0.39, 0.29) is 11.7 Å². The molecule has 0 bridgehead atoms. The van der Waals surface area contributed by atoms with Crippen LogP contribution in [0.4, 0.5) is 5.69 Å². The molecular weight excluding hydrogens is 368 g/mol. The number of nitrogens with zero attached hydrogens (tertiary/aromatic N) is 1. The molecule has 2 aromatic carbocycles. The van der Waals surface area contributed by atoms with E-state index in [0.717, 1.165) is 29.0 Å². The van der Waals surface area contributed by atoms with Crippen LogP contribution in [-0.4, -0.2) is 37.5 Å². The molecule has 1 N–H and O–H groups in total. The lowest BCUT2D eigenvalue weighted by atomic mass is 10.2. The first-order valence-electron chi connectivity index (χ1n) is 8.55. The lowest BCUT2D eigenvalue weighted by Crippen LogP contribution is -2.27. The van der Waals surface area contributed by atoms with Crippen molar-refractivity contribution in [1.29, 1.82) is 0 Å². The van der Waals surface area contributed by atoms with Crippen LogP contribution in [0, 0.1) is 6.92 Å². The molecular formula is C19H22N2O3S2. The van der Waals surface area contributed by atoms with Gasteiger partial charge in [-0.1, -0.05) is 17.7 Å². The maximum atomic E-state index is 12.5. The van der Waals surface area contributed by atoms with Crippen molar-refractivity contribution in [3.05, 3.63) is 54.1 Å². The van der Waals surface area contributed by atoms with Crippen LogP contribution in [0.2, 0.25) is 0 Å². The van der Waals surface area contributed by atoms with Gasteiger partial charge in [0.25, 0.3) is 0 Å². The number of carbonyl (C=O) groups excluding carboxylic acids is 1. The van der Waals surface area contributed by atoms with Crippen molar-refractivity contribution in [2.75, 3.05) is 24.2 Å². The van der Waals surface area contributed by atoms with E-state index in [1.165, 1.54) is 16.1 Å².